The Bertz CT molecular complexity index is 681. The largest absolute Gasteiger partial charge is 0.391 e. The first-order valence-electron chi connectivity index (χ1n) is 12.2. The van der Waals surface area contributed by atoms with Gasteiger partial charge in [0.2, 0.25) is 17.7 Å². The first kappa shape index (κ1) is 30.0. The summed E-state index contributed by atoms with van der Waals surface area (Å²) in [7, 11) is 0. The standard InChI is InChI=1S/C23H43N5O6/c1-13(2)19(30)16(9-11-24)26-22(33)18(14(3)29)28-21(32)17(10-12-25)27-23(34)20(31)15-7-5-4-6-8-15/h13-18,20,29,31H,4-12,24-25H2,1-3H3,(H,26,33)(H,27,34)(H,28,32)/t14?,16-,17-,18-,20?/m0/s1. The predicted octanol–water partition coefficient (Wildman–Crippen LogP) is -1.31. The summed E-state index contributed by atoms with van der Waals surface area (Å²) in [6.07, 6.45) is 2.22. The molecule has 1 aliphatic carbocycles. The molecule has 34 heavy (non-hydrogen) atoms. The Morgan fingerprint density at radius 2 is 1.32 bits per heavy atom. The highest BCUT2D eigenvalue weighted by Gasteiger charge is 2.34. The number of carbonyl (C=O) groups excluding carboxylic acids is 4. The van der Waals surface area contributed by atoms with Crippen molar-refractivity contribution in [1.29, 1.82) is 0 Å². The number of ketones is 1. The molecule has 1 aliphatic rings. The number of hydrogen-bond donors (Lipinski definition) is 7. The van der Waals surface area contributed by atoms with Crippen LogP contribution in [0.1, 0.15) is 65.7 Å². The lowest BCUT2D eigenvalue weighted by Gasteiger charge is -2.29. The molecule has 0 spiro atoms. The van der Waals surface area contributed by atoms with Crippen LogP contribution in [0.3, 0.4) is 0 Å². The zero-order valence-corrected chi connectivity index (χ0v) is 20.6. The number of aliphatic hydroxyl groups is 2. The van der Waals surface area contributed by atoms with E-state index in [4.69, 9.17) is 11.5 Å². The van der Waals surface area contributed by atoms with Gasteiger partial charge in [0, 0.05) is 5.92 Å². The number of aliphatic hydroxyl groups excluding tert-OH is 2. The molecule has 11 heteroatoms. The van der Waals surface area contributed by atoms with Crippen LogP contribution in [0.4, 0.5) is 0 Å². The molecule has 0 aromatic heterocycles. The summed E-state index contributed by atoms with van der Waals surface area (Å²) in [5.74, 6) is -2.83. The van der Waals surface area contributed by atoms with Crippen molar-refractivity contribution in [3.8, 4) is 0 Å². The number of Topliss-reactive ketones (excluding diaryl/α,β-unsaturated/α-hetero) is 1. The van der Waals surface area contributed by atoms with E-state index in [0.29, 0.717) is 0 Å². The van der Waals surface area contributed by atoms with Crippen LogP contribution in [-0.2, 0) is 19.2 Å². The molecule has 0 heterocycles. The van der Waals surface area contributed by atoms with Gasteiger partial charge >= 0.3 is 0 Å². The molecule has 1 rings (SSSR count). The van der Waals surface area contributed by atoms with Crippen LogP contribution in [0.2, 0.25) is 0 Å². The van der Waals surface area contributed by atoms with E-state index in [1.165, 1.54) is 6.92 Å². The predicted molar refractivity (Wildman–Crippen MR) is 127 cm³/mol. The highest BCUT2D eigenvalue weighted by Crippen LogP contribution is 2.26. The van der Waals surface area contributed by atoms with Gasteiger partial charge in [-0.2, -0.15) is 0 Å². The molecule has 0 aromatic carbocycles. The molecular weight excluding hydrogens is 442 g/mol. The molecular formula is C23H43N5O6. The van der Waals surface area contributed by atoms with Gasteiger partial charge in [-0.05, 0) is 51.6 Å². The number of hydrogen-bond acceptors (Lipinski definition) is 8. The lowest BCUT2D eigenvalue weighted by atomic mass is 9.85. The molecule has 0 aliphatic heterocycles. The fourth-order valence-corrected chi connectivity index (χ4v) is 4.13. The Hall–Kier alpha value is -2.08. The second kappa shape index (κ2) is 15.0. The van der Waals surface area contributed by atoms with E-state index in [-0.39, 0.29) is 43.6 Å². The first-order chi connectivity index (χ1) is 16.0. The molecule has 0 aromatic rings. The quantitative estimate of drug-likeness (QED) is 0.157. The van der Waals surface area contributed by atoms with Crippen LogP contribution >= 0.6 is 0 Å². The Balaban J connectivity index is 2.86. The highest BCUT2D eigenvalue weighted by atomic mass is 16.3. The van der Waals surface area contributed by atoms with Crippen LogP contribution in [-0.4, -0.2) is 77.1 Å². The van der Waals surface area contributed by atoms with E-state index in [0.717, 1.165) is 32.1 Å². The zero-order chi connectivity index (χ0) is 25.8. The van der Waals surface area contributed by atoms with Crippen molar-refractivity contribution in [2.75, 3.05) is 13.1 Å². The third kappa shape index (κ3) is 9.28. The molecule has 0 bridgehead atoms. The minimum atomic E-state index is -1.37. The highest BCUT2D eigenvalue weighted by molar-refractivity contribution is 5.95. The number of carbonyl (C=O) groups is 4. The van der Waals surface area contributed by atoms with Crippen molar-refractivity contribution in [2.24, 2.45) is 23.3 Å². The molecule has 2 unspecified atom stereocenters. The van der Waals surface area contributed by atoms with E-state index < -0.39 is 48.1 Å². The average molecular weight is 486 g/mol. The summed E-state index contributed by atoms with van der Waals surface area (Å²) >= 11 is 0. The Labute approximate surface area is 201 Å². The van der Waals surface area contributed by atoms with Crippen LogP contribution in [0.25, 0.3) is 0 Å². The third-order valence-electron chi connectivity index (χ3n) is 6.20. The van der Waals surface area contributed by atoms with Crippen LogP contribution < -0.4 is 27.4 Å². The first-order valence-corrected chi connectivity index (χ1v) is 12.2. The summed E-state index contributed by atoms with van der Waals surface area (Å²) in [6, 6.07) is -3.31. The van der Waals surface area contributed by atoms with Crippen molar-refractivity contribution >= 4 is 23.5 Å². The molecule has 1 saturated carbocycles. The monoisotopic (exact) mass is 485 g/mol. The molecule has 0 saturated heterocycles. The van der Waals surface area contributed by atoms with Gasteiger partial charge in [0.1, 0.15) is 18.2 Å². The molecule has 9 N–H and O–H groups in total. The fraction of sp³-hybridized carbons (Fsp3) is 0.826. The van der Waals surface area contributed by atoms with Gasteiger partial charge in [0.05, 0.1) is 12.1 Å². The van der Waals surface area contributed by atoms with Gasteiger partial charge in [0.25, 0.3) is 0 Å². The molecule has 0 radical (unpaired) electrons. The van der Waals surface area contributed by atoms with Crippen molar-refractivity contribution in [3.63, 3.8) is 0 Å². The van der Waals surface area contributed by atoms with Crippen molar-refractivity contribution in [3.05, 3.63) is 0 Å². The number of amides is 3. The normalized spacial score (nSPS) is 18.9. The maximum atomic E-state index is 12.9. The zero-order valence-electron chi connectivity index (χ0n) is 20.6. The Morgan fingerprint density at radius 1 is 0.794 bits per heavy atom. The van der Waals surface area contributed by atoms with Gasteiger partial charge in [-0.15, -0.1) is 0 Å². The maximum Gasteiger partial charge on any atom is 0.249 e. The lowest BCUT2D eigenvalue weighted by Crippen LogP contribution is -2.60. The minimum absolute atomic E-state index is 0.0741. The smallest absolute Gasteiger partial charge is 0.249 e. The van der Waals surface area contributed by atoms with E-state index in [2.05, 4.69) is 16.0 Å². The average Bonchev–Trinajstić information content (AvgIpc) is 2.80. The number of nitrogens with two attached hydrogens (primary N) is 2. The summed E-state index contributed by atoms with van der Waals surface area (Å²) < 4.78 is 0. The van der Waals surface area contributed by atoms with Crippen LogP contribution in [0.15, 0.2) is 0 Å². The van der Waals surface area contributed by atoms with E-state index in [1.54, 1.807) is 13.8 Å². The number of rotatable bonds is 14. The van der Waals surface area contributed by atoms with Crippen LogP contribution in [0.5, 0.6) is 0 Å². The second-order valence-corrected chi connectivity index (χ2v) is 9.40. The van der Waals surface area contributed by atoms with Crippen molar-refractivity contribution in [1.82, 2.24) is 16.0 Å². The van der Waals surface area contributed by atoms with Gasteiger partial charge in [0.15, 0.2) is 5.78 Å². The molecule has 1 fully saturated rings. The van der Waals surface area contributed by atoms with Gasteiger partial charge < -0.3 is 37.6 Å². The van der Waals surface area contributed by atoms with Crippen molar-refractivity contribution in [2.45, 2.75) is 96.1 Å². The fourth-order valence-electron chi connectivity index (χ4n) is 4.13. The molecule has 196 valence electrons. The van der Waals surface area contributed by atoms with Crippen LogP contribution in [0, 0.1) is 11.8 Å². The van der Waals surface area contributed by atoms with E-state index >= 15 is 0 Å². The Morgan fingerprint density at radius 3 is 1.82 bits per heavy atom. The lowest BCUT2D eigenvalue weighted by molar-refractivity contribution is -0.138. The molecule has 11 nitrogen and oxygen atoms in total. The molecule has 5 atom stereocenters. The SMILES string of the molecule is CC(C)C(=O)[C@H](CCN)NC(=O)[C@@H](NC(=O)[C@H](CCN)NC(=O)C(O)C1CCCCC1)C(C)O. The minimum Gasteiger partial charge on any atom is -0.391 e. The summed E-state index contributed by atoms with van der Waals surface area (Å²) in [6.45, 7) is 4.98. The van der Waals surface area contributed by atoms with Crippen molar-refractivity contribution < 1.29 is 29.4 Å². The maximum absolute atomic E-state index is 12.9. The summed E-state index contributed by atoms with van der Waals surface area (Å²) in [5, 5.41) is 28.1. The number of nitrogens with one attached hydrogen (secondary N) is 3. The van der Waals surface area contributed by atoms with Gasteiger partial charge in [-0.1, -0.05) is 33.1 Å². The van der Waals surface area contributed by atoms with E-state index in [1.807, 2.05) is 0 Å². The van der Waals surface area contributed by atoms with E-state index in [9.17, 15) is 29.4 Å². The summed E-state index contributed by atoms with van der Waals surface area (Å²) in [5.41, 5.74) is 11.2. The third-order valence-corrected chi connectivity index (χ3v) is 6.20. The summed E-state index contributed by atoms with van der Waals surface area (Å²) in [4.78, 5) is 50.7. The second-order valence-electron chi connectivity index (χ2n) is 9.40. The molecule has 3 amide bonds. The Kier molecular flexibility index (Phi) is 13.2. The van der Waals surface area contributed by atoms with Gasteiger partial charge in [-0.3, -0.25) is 19.2 Å². The van der Waals surface area contributed by atoms with Gasteiger partial charge in [-0.25, -0.2) is 0 Å². The topological polar surface area (TPSA) is 197 Å².